The van der Waals surface area contributed by atoms with E-state index in [1.807, 2.05) is 29.7 Å². The highest BCUT2D eigenvalue weighted by Crippen LogP contribution is 2.30. The average molecular weight is 350 g/mol. The zero-order valence-corrected chi connectivity index (χ0v) is 14.2. The molecule has 0 aliphatic carbocycles. The highest BCUT2D eigenvalue weighted by atomic mass is 35.5. The molecule has 3 N–H and O–H groups in total. The van der Waals surface area contributed by atoms with Crippen LogP contribution in [0.4, 0.5) is 4.79 Å². The third kappa shape index (κ3) is 3.09. The number of carbonyl (C=O) groups is 1. The molecule has 0 bridgehead atoms. The molecule has 1 aromatic heterocycles. The van der Waals surface area contributed by atoms with E-state index in [9.17, 15) is 9.90 Å². The van der Waals surface area contributed by atoms with Crippen molar-refractivity contribution in [3.63, 3.8) is 0 Å². The second kappa shape index (κ2) is 6.78. The van der Waals surface area contributed by atoms with Gasteiger partial charge in [-0.3, -0.25) is 4.57 Å². The van der Waals surface area contributed by atoms with Crippen LogP contribution in [0.5, 0.6) is 0 Å². The van der Waals surface area contributed by atoms with Gasteiger partial charge in [-0.1, -0.05) is 11.6 Å². The van der Waals surface area contributed by atoms with Crippen molar-refractivity contribution in [3.05, 3.63) is 40.4 Å². The van der Waals surface area contributed by atoms with Crippen LogP contribution < -0.4 is 5.73 Å². The fraction of sp³-hybridized carbons (Fsp3) is 0.438. The van der Waals surface area contributed by atoms with Crippen molar-refractivity contribution in [2.24, 2.45) is 5.73 Å². The quantitative estimate of drug-likeness (QED) is 0.887. The number of halogens is 1. The Hall–Kier alpha value is -2.12. The molecule has 8 heteroatoms. The highest BCUT2D eigenvalue weighted by Gasteiger charge is 2.29. The average Bonchev–Trinajstić information content (AvgIpc) is 2.96. The van der Waals surface area contributed by atoms with Gasteiger partial charge in [0.25, 0.3) is 0 Å². The number of aryl methyl sites for hydroxylation is 1. The summed E-state index contributed by atoms with van der Waals surface area (Å²) >= 11 is 6.07. The van der Waals surface area contributed by atoms with E-state index >= 15 is 0 Å². The van der Waals surface area contributed by atoms with Gasteiger partial charge in [0, 0.05) is 30.6 Å². The van der Waals surface area contributed by atoms with E-state index in [-0.39, 0.29) is 5.92 Å². The molecule has 1 aromatic carbocycles. The summed E-state index contributed by atoms with van der Waals surface area (Å²) in [6.45, 7) is 3.22. The Balaban J connectivity index is 2.02. The predicted octanol–water partition coefficient (Wildman–Crippen LogP) is 2.55. The molecule has 1 atom stereocenters. The molecule has 2 aromatic rings. The van der Waals surface area contributed by atoms with Crippen molar-refractivity contribution in [1.82, 2.24) is 19.7 Å². The molecule has 3 rings (SSSR count). The van der Waals surface area contributed by atoms with Gasteiger partial charge in [0.15, 0.2) is 0 Å². The standard InChI is InChI=1S/C16H20ClN5O2/c1-10-19-20-15(11-3-2-6-21(9-11)16(23)24)22(10)14-5-4-13(17)7-12(14)8-18/h4-5,7,11H,2-3,6,8-9,18H2,1H3,(H,23,24). The third-order valence-corrected chi connectivity index (χ3v) is 4.64. The summed E-state index contributed by atoms with van der Waals surface area (Å²) in [6, 6.07) is 5.55. The summed E-state index contributed by atoms with van der Waals surface area (Å²) in [5.41, 5.74) is 7.66. The smallest absolute Gasteiger partial charge is 0.407 e. The van der Waals surface area contributed by atoms with Gasteiger partial charge in [-0.05, 0) is 43.5 Å². The Bertz CT molecular complexity index is 761. The maximum absolute atomic E-state index is 11.3. The van der Waals surface area contributed by atoms with E-state index in [1.165, 1.54) is 4.90 Å². The Morgan fingerprint density at radius 3 is 2.96 bits per heavy atom. The monoisotopic (exact) mass is 349 g/mol. The molecule has 1 aliphatic rings. The molecule has 0 spiro atoms. The maximum Gasteiger partial charge on any atom is 0.407 e. The topological polar surface area (TPSA) is 97.3 Å². The molecule has 0 saturated carbocycles. The minimum Gasteiger partial charge on any atom is -0.465 e. The highest BCUT2D eigenvalue weighted by molar-refractivity contribution is 6.30. The molecule has 24 heavy (non-hydrogen) atoms. The summed E-state index contributed by atoms with van der Waals surface area (Å²) < 4.78 is 1.97. The first-order valence-electron chi connectivity index (χ1n) is 7.90. The molecule has 0 radical (unpaired) electrons. The molecular weight excluding hydrogens is 330 g/mol. The predicted molar refractivity (Wildman–Crippen MR) is 90.6 cm³/mol. The lowest BCUT2D eigenvalue weighted by molar-refractivity contribution is 0.129. The number of nitrogens with zero attached hydrogens (tertiary/aromatic N) is 4. The second-order valence-corrected chi connectivity index (χ2v) is 6.42. The number of amides is 1. The van der Waals surface area contributed by atoms with E-state index in [0.717, 1.165) is 35.7 Å². The Morgan fingerprint density at radius 1 is 1.46 bits per heavy atom. The lowest BCUT2D eigenvalue weighted by Gasteiger charge is -2.30. The Labute approximate surface area is 145 Å². The van der Waals surface area contributed by atoms with Crippen LogP contribution >= 0.6 is 11.6 Å². The van der Waals surface area contributed by atoms with Gasteiger partial charge in [-0.25, -0.2) is 4.79 Å². The van der Waals surface area contributed by atoms with E-state index in [4.69, 9.17) is 17.3 Å². The summed E-state index contributed by atoms with van der Waals surface area (Å²) in [4.78, 5) is 12.7. The summed E-state index contributed by atoms with van der Waals surface area (Å²) in [5.74, 6) is 1.53. The van der Waals surface area contributed by atoms with Crippen molar-refractivity contribution >= 4 is 17.7 Å². The lowest BCUT2D eigenvalue weighted by atomic mass is 9.97. The van der Waals surface area contributed by atoms with Crippen molar-refractivity contribution < 1.29 is 9.90 Å². The van der Waals surface area contributed by atoms with Crippen molar-refractivity contribution in [3.8, 4) is 5.69 Å². The number of piperidine rings is 1. The van der Waals surface area contributed by atoms with Gasteiger partial charge in [0.05, 0.1) is 5.69 Å². The molecular formula is C16H20ClN5O2. The zero-order valence-electron chi connectivity index (χ0n) is 13.4. The number of likely N-dealkylation sites (tertiary alicyclic amines) is 1. The van der Waals surface area contributed by atoms with Crippen LogP contribution in [0.2, 0.25) is 5.02 Å². The largest absolute Gasteiger partial charge is 0.465 e. The fourth-order valence-corrected chi connectivity index (χ4v) is 3.43. The SMILES string of the molecule is Cc1nnc(C2CCCN(C(=O)O)C2)n1-c1ccc(Cl)cc1CN. The molecule has 7 nitrogen and oxygen atoms in total. The summed E-state index contributed by atoms with van der Waals surface area (Å²) in [5, 5.41) is 18.4. The van der Waals surface area contributed by atoms with Crippen molar-refractivity contribution in [2.45, 2.75) is 32.2 Å². The van der Waals surface area contributed by atoms with E-state index in [0.29, 0.717) is 24.7 Å². The minimum absolute atomic E-state index is 0.0114. The Morgan fingerprint density at radius 2 is 2.25 bits per heavy atom. The Kier molecular flexibility index (Phi) is 4.73. The van der Waals surface area contributed by atoms with Crippen LogP contribution in [0, 0.1) is 6.92 Å². The van der Waals surface area contributed by atoms with E-state index in [1.54, 1.807) is 0 Å². The van der Waals surface area contributed by atoms with Crippen LogP contribution in [0.15, 0.2) is 18.2 Å². The lowest BCUT2D eigenvalue weighted by Crippen LogP contribution is -2.38. The first-order chi connectivity index (χ1) is 11.5. The zero-order chi connectivity index (χ0) is 17.3. The number of nitrogens with two attached hydrogens (primary N) is 1. The molecule has 1 amide bonds. The van der Waals surface area contributed by atoms with Gasteiger partial charge in [0.1, 0.15) is 11.6 Å². The summed E-state index contributed by atoms with van der Waals surface area (Å²) in [7, 11) is 0. The molecule has 1 saturated heterocycles. The first-order valence-corrected chi connectivity index (χ1v) is 8.27. The maximum atomic E-state index is 11.3. The van der Waals surface area contributed by atoms with Crippen molar-refractivity contribution in [1.29, 1.82) is 0 Å². The number of carboxylic acid groups (broad SMARTS) is 1. The van der Waals surface area contributed by atoms with Gasteiger partial charge >= 0.3 is 6.09 Å². The van der Waals surface area contributed by atoms with Crippen LogP contribution in [-0.2, 0) is 6.54 Å². The number of aromatic nitrogens is 3. The van der Waals surface area contributed by atoms with Crippen LogP contribution in [0.1, 0.15) is 36.0 Å². The van der Waals surface area contributed by atoms with Crippen LogP contribution in [0.3, 0.4) is 0 Å². The number of hydrogen-bond donors (Lipinski definition) is 2. The van der Waals surface area contributed by atoms with Gasteiger partial charge in [-0.15, -0.1) is 10.2 Å². The van der Waals surface area contributed by atoms with Gasteiger partial charge in [0.2, 0.25) is 0 Å². The molecule has 2 heterocycles. The number of rotatable bonds is 3. The van der Waals surface area contributed by atoms with Crippen molar-refractivity contribution in [2.75, 3.05) is 13.1 Å². The van der Waals surface area contributed by atoms with Gasteiger partial charge < -0.3 is 15.7 Å². The van der Waals surface area contributed by atoms with E-state index < -0.39 is 6.09 Å². The molecule has 1 unspecified atom stereocenters. The third-order valence-electron chi connectivity index (χ3n) is 4.41. The summed E-state index contributed by atoms with van der Waals surface area (Å²) in [6.07, 6.45) is 0.803. The molecule has 1 aliphatic heterocycles. The van der Waals surface area contributed by atoms with Crippen LogP contribution in [-0.4, -0.2) is 44.0 Å². The van der Waals surface area contributed by atoms with E-state index in [2.05, 4.69) is 10.2 Å². The molecule has 128 valence electrons. The normalized spacial score (nSPS) is 18.0. The molecule has 1 fully saturated rings. The number of hydrogen-bond acceptors (Lipinski definition) is 4. The second-order valence-electron chi connectivity index (χ2n) is 5.99. The van der Waals surface area contributed by atoms with Gasteiger partial charge in [-0.2, -0.15) is 0 Å². The van der Waals surface area contributed by atoms with Crippen LogP contribution in [0.25, 0.3) is 5.69 Å². The number of benzene rings is 1. The minimum atomic E-state index is -0.892. The fourth-order valence-electron chi connectivity index (χ4n) is 3.24. The first kappa shape index (κ1) is 16.7.